The number of nitrogens with one attached hydrogen (secondary N) is 1. The molecule has 2 heterocycles. The molecule has 18 heavy (non-hydrogen) atoms. The molecule has 1 aromatic heterocycles. The number of carboxylic acids is 1. The Hall–Kier alpha value is -2.22. The van der Waals surface area contributed by atoms with E-state index in [0.717, 1.165) is 0 Å². The number of pyridine rings is 1. The summed E-state index contributed by atoms with van der Waals surface area (Å²) in [6.45, 7) is 1.18. The molecule has 1 atom stereocenters. The Bertz CT molecular complexity index is 479. The zero-order valence-electron chi connectivity index (χ0n) is 9.44. The van der Waals surface area contributed by atoms with Gasteiger partial charge in [0.2, 0.25) is 5.82 Å². The second-order valence-corrected chi connectivity index (χ2v) is 3.85. The largest absolute Gasteiger partial charge is 0.480 e. The average Bonchev–Trinajstić information content (AvgIpc) is 2.38. The Labute approximate surface area is 102 Å². The van der Waals surface area contributed by atoms with Gasteiger partial charge < -0.3 is 15.3 Å². The van der Waals surface area contributed by atoms with Gasteiger partial charge in [0.1, 0.15) is 6.04 Å². The summed E-state index contributed by atoms with van der Waals surface area (Å²) in [7, 11) is 0. The summed E-state index contributed by atoms with van der Waals surface area (Å²) >= 11 is 0. The van der Waals surface area contributed by atoms with Crippen LogP contribution in [-0.2, 0) is 4.79 Å². The van der Waals surface area contributed by atoms with Gasteiger partial charge in [0, 0.05) is 31.9 Å². The van der Waals surface area contributed by atoms with Crippen molar-refractivity contribution in [2.24, 2.45) is 0 Å². The highest BCUT2D eigenvalue weighted by Gasteiger charge is 2.33. The molecule has 1 saturated heterocycles. The summed E-state index contributed by atoms with van der Waals surface area (Å²) in [6, 6.07) is 1.94. The lowest BCUT2D eigenvalue weighted by Gasteiger charge is -2.33. The van der Waals surface area contributed by atoms with E-state index in [1.165, 1.54) is 23.2 Å². The summed E-state index contributed by atoms with van der Waals surface area (Å²) in [5, 5.41) is 23.0. The van der Waals surface area contributed by atoms with E-state index in [9.17, 15) is 14.9 Å². The molecule has 2 N–H and O–H groups in total. The topological polar surface area (TPSA) is 109 Å². The molecule has 0 aromatic carbocycles. The molecule has 8 heteroatoms. The fraction of sp³-hybridized carbons (Fsp3) is 0.400. The molecule has 0 saturated carbocycles. The van der Waals surface area contributed by atoms with Gasteiger partial charge >= 0.3 is 11.7 Å². The summed E-state index contributed by atoms with van der Waals surface area (Å²) in [5.74, 6) is -0.918. The highest BCUT2D eigenvalue weighted by molar-refractivity contribution is 5.79. The Kier molecular flexibility index (Phi) is 3.38. The van der Waals surface area contributed by atoms with Crippen molar-refractivity contribution < 1.29 is 14.8 Å². The zero-order chi connectivity index (χ0) is 13.1. The zero-order valence-corrected chi connectivity index (χ0v) is 9.44. The minimum Gasteiger partial charge on any atom is -0.480 e. The fourth-order valence-electron chi connectivity index (χ4n) is 1.93. The molecule has 1 fully saturated rings. The van der Waals surface area contributed by atoms with Gasteiger partial charge in [-0.05, 0) is 6.07 Å². The van der Waals surface area contributed by atoms with Crippen LogP contribution in [0.5, 0.6) is 0 Å². The molecule has 8 nitrogen and oxygen atoms in total. The molecular formula is C10H12N4O4. The quantitative estimate of drug-likeness (QED) is 0.568. The van der Waals surface area contributed by atoms with E-state index >= 15 is 0 Å². The van der Waals surface area contributed by atoms with Gasteiger partial charge in [0.15, 0.2) is 0 Å². The Morgan fingerprint density at radius 1 is 1.67 bits per heavy atom. The number of aromatic nitrogens is 1. The maximum atomic E-state index is 11.1. The number of nitrogens with zero attached hydrogens (tertiary/aromatic N) is 3. The maximum Gasteiger partial charge on any atom is 0.327 e. The number of anilines is 1. The van der Waals surface area contributed by atoms with Crippen molar-refractivity contribution >= 4 is 17.5 Å². The molecule has 0 radical (unpaired) electrons. The van der Waals surface area contributed by atoms with Gasteiger partial charge in [-0.1, -0.05) is 0 Å². The monoisotopic (exact) mass is 252 g/mol. The first-order chi connectivity index (χ1) is 8.61. The first-order valence-corrected chi connectivity index (χ1v) is 5.41. The molecule has 0 amide bonds. The lowest BCUT2D eigenvalue weighted by Crippen LogP contribution is -2.55. The minimum absolute atomic E-state index is 0.108. The first kappa shape index (κ1) is 12.2. The number of carbonyl (C=O) groups is 1. The predicted octanol–water partition coefficient (Wildman–Crippen LogP) is -0.147. The normalized spacial score (nSPS) is 19.6. The fourth-order valence-corrected chi connectivity index (χ4v) is 1.93. The van der Waals surface area contributed by atoms with Crippen LogP contribution >= 0.6 is 0 Å². The van der Waals surface area contributed by atoms with Crippen LogP contribution < -0.4 is 10.2 Å². The number of hydrogen-bond donors (Lipinski definition) is 2. The van der Waals surface area contributed by atoms with E-state index in [1.807, 2.05) is 0 Å². The average molecular weight is 252 g/mol. The van der Waals surface area contributed by atoms with E-state index in [1.54, 1.807) is 0 Å². The molecule has 1 aromatic rings. The summed E-state index contributed by atoms with van der Waals surface area (Å²) in [6.07, 6.45) is 1.42. The summed E-state index contributed by atoms with van der Waals surface area (Å²) in [4.78, 5) is 26.9. The number of hydrogen-bond acceptors (Lipinski definition) is 6. The number of nitro groups is 1. The van der Waals surface area contributed by atoms with Crippen LogP contribution in [0.2, 0.25) is 0 Å². The van der Waals surface area contributed by atoms with Gasteiger partial charge in [0.05, 0.1) is 4.92 Å². The van der Waals surface area contributed by atoms with E-state index in [2.05, 4.69) is 10.3 Å². The molecule has 1 unspecified atom stereocenters. The second kappa shape index (κ2) is 4.96. The van der Waals surface area contributed by atoms with Crippen molar-refractivity contribution in [2.75, 3.05) is 24.5 Å². The van der Waals surface area contributed by atoms with Crippen LogP contribution in [0, 0.1) is 10.1 Å². The van der Waals surface area contributed by atoms with Crippen molar-refractivity contribution in [1.82, 2.24) is 10.3 Å². The third kappa shape index (κ3) is 2.23. The first-order valence-electron chi connectivity index (χ1n) is 5.41. The molecule has 1 aliphatic rings. The van der Waals surface area contributed by atoms with Gasteiger partial charge in [-0.2, -0.15) is 0 Å². The van der Waals surface area contributed by atoms with E-state index in [-0.39, 0.29) is 18.1 Å². The van der Waals surface area contributed by atoms with Crippen molar-refractivity contribution in [3.05, 3.63) is 28.4 Å². The van der Waals surface area contributed by atoms with Gasteiger partial charge in [-0.15, -0.1) is 0 Å². The minimum atomic E-state index is -1.03. The van der Waals surface area contributed by atoms with Crippen LogP contribution in [0.4, 0.5) is 11.5 Å². The lowest BCUT2D eigenvalue weighted by atomic mass is 10.2. The highest BCUT2D eigenvalue weighted by Crippen LogP contribution is 2.26. The molecule has 0 bridgehead atoms. The third-order valence-electron chi connectivity index (χ3n) is 2.76. The second-order valence-electron chi connectivity index (χ2n) is 3.85. The number of carboxylic acid groups (broad SMARTS) is 1. The van der Waals surface area contributed by atoms with Gasteiger partial charge in [-0.25, -0.2) is 9.78 Å². The van der Waals surface area contributed by atoms with Crippen molar-refractivity contribution in [3.63, 3.8) is 0 Å². The van der Waals surface area contributed by atoms with Crippen LogP contribution in [0.1, 0.15) is 0 Å². The van der Waals surface area contributed by atoms with Crippen LogP contribution in [-0.4, -0.2) is 46.7 Å². The number of aliphatic carboxylic acids is 1. The van der Waals surface area contributed by atoms with Crippen LogP contribution in [0.25, 0.3) is 0 Å². The molecular weight excluding hydrogens is 240 g/mol. The van der Waals surface area contributed by atoms with E-state index in [0.29, 0.717) is 13.1 Å². The summed E-state index contributed by atoms with van der Waals surface area (Å²) < 4.78 is 0. The van der Waals surface area contributed by atoms with Crippen molar-refractivity contribution in [3.8, 4) is 0 Å². The third-order valence-corrected chi connectivity index (χ3v) is 2.76. The molecule has 0 spiro atoms. The maximum absolute atomic E-state index is 11.1. The van der Waals surface area contributed by atoms with Crippen molar-refractivity contribution in [2.45, 2.75) is 6.04 Å². The SMILES string of the molecule is O=C(O)C1CNCCN1c1ncccc1[N+](=O)[O-]. The summed E-state index contributed by atoms with van der Waals surface area (Å²) in [5.41, 5.74) is -0.175. The Morgan fingerprint density at radius 2 is 2.44 bits per heavy atom. The van der Waals surface area contributed by atoms with Crippen LogP contribution in [0.3, 0.4) is 0 Å². The molecule has 96 valence electrons. The smallest absolute Gasteiger partial charge is 0.327 e. The van der Waals surface area contributed by atoms with Crippen molar-refractivity contribution in [1.29, 1.82) is 0 Å². The predicted molar refractivity (Wildman–Crippen MR) is 62.5 cm³/mol. The molecule has 0 aliphatic carbocycles. The van der Waals surface area contributed by atoms with Gasteiger partial charge in [0.25, 0.3) is 0 Å². The standard InChI is InChI=1S/C10H12N4O4/c15-10(16)8-6-11-4-5-13(8)9-7(14(17)18)2-1-3-12-9/h1-3,8,11H,4-6H2,(H,15,16). The van der Waals surface area contributed by atoms with Gasteiger partial charge in [-0.3, -0.25) is 10.1 Å². The number of rotatable bonds is 3. The Balaban J connectivity index is 2.39. The highest BCUT2D eigenvalue weighted by atomic mass is 16.6. The lowest BCUT2D eigenvalue weighted by molar-refractivity contribution is -0.384. The van der Waals surface area contributed by atoms with E-state index < -0.39 is 16.9 Å². The van der Waals surface area contributed by atoms with E-state index in [4.69, 9.17) is 5.11 Å². The Morgan fingerprint density at radius 3 is 3.11 bits per heavy atom. The number of piperazine rings is 1. The molecule has 2 rings (SSSR count). The van der Waals surface area contributed by atoms with Crippen LogP contribution in [0.15, 0.2) is 18.3 Å². The molecule has 1 aliphatic heterocycles.